The molecule has 0 saturated carbocycles. The summed E-state index contributed by atoms with van der Waals surface area (Å²) < 4.78 is 47.9. The van der Waals surface area contributed by atoms with Gasteiger partial charge in [0, 0.05) is 6.42 Å². The van der Waals surface area contributed by atoms with Gasteiger partial charge < -0.3 is 0 Å². The molecule has 0 aromatic carbocycles. The van der Waals surface area contributed by atoms with Crippen molar-refractivity contribution in [3.05, 3.63) is 24.1 Å². The number of halogens is 4. The lowest BCUT2D eigenvalue weighted by atomic mass is 10.00. The van der Waals surface area contributed by atoms with Gasteiger partial charge in [-0.25, -0.2) is 4.39 Å². The van der Waals surface area contributed by atoms with Crippen LogP contribution < -0.4 is 0 Å². The summed E-state index contributed by atoms with van der Waals surface area (Å²) in [6, 6.07) is 0. The molecule has 62 valence electrons. The molecule has 11 heavy (non-hydrogen) atoms. The molecule has 0 aliphatic heterocycles. The van der Waals surface area contributed by atoms with E-state index >= 15 is 0 Å². The van der Waals surface area contributed by atoms with E-state index in [1.807, 2.05) is 0 Å². The summed E-state index contributed by atoms with van der Waals surface area (Å²) in [6.07, 6.45) is -1.77. The van der Waals surface area contributed by atoms with E-state index in [1.54, 1.807) is 0 Å². The normalized spacial score (nSPS) is 25.1. The monoisotopic (exact) mass is 166 g/mol. The quantitative estimate of drug-likeness (QED) is 0.485. The van der Waals surface area contributed by atoms with Crippen molar-refractivity contribution < 1.29 is 17.6 Å². The van der Waals surface area contributed by atoms with Crippen molar-refractivity contribution in [2.24, 2.45) is 5.92 Å². The standard InChI is InChI=1S/C7H6F4/c8-6-3-1-2-5(4-6)7(9,10)11/h1-3,5H,4H2/t5-/m0/s1. The average molecular weight is 166 g/mol. The highest BCUT2D eigenvalue weighted by molar-refractivity contribution is 5.16. The number of allylic oxidation sites excluding steroid dienone is 4. The topological polar surface area (TPSA) is 0 Å². The van der Waals surface area contributed by atoms with E-state index in [0.717, 1.165) is 18.2 Å². The molecule has 0 spiro atoms. The largest absolute Gasteiger partial charge is 0.395 e. The third-order valence-electron chi connectivity index (χ3n) is 1.46. The minimum Gasteiger partial charge on any atom is -0.212 e. The molecule has 0 nitrogen and oxygen atoms in total. The Kier molecular flexibility index (Phi) is 2.02. The number of rotatable bonds is 0. The van der Waals surface area contributed by atoms with Gasteiger partial charge in [-0.1, -0.05) is 12.2 Å². The van der Waals surface area contributed by atoms with Crippen LogP contribution in [0.2, 0.25) is 0 Å². The number of alkyl halides is 3. The fourth-order valence-electron chi connectivity index (χ4n) is 0.865. The van der Waals surface area contributed by atoms with Crippen LogP contribution in [0, 0.1) is 5.92 Å². The maximum Gasteiger partial charge on any atom is 0.395 e. The van der Waals surface area contributed by atoms with Crippen molar-refractivity contribution in [1.82, 2.24) is 0 Å². The Balaban J connectivity index is 2.67. The summed E-state index contributed by atoms with van der Waals surface area (Å²) in [5, 5.41) is 0. The first-order valence-corrected chi connectivity index (χ1v) is 3.10. The summed E-state index contributed by atoms with van der Waals surface area (Å²) in [4.78, 5) is 0. The average Bonchev–Trinajstić information content (AvgIpc) is 1.86. The Morgan fingerprint density at radius 2 is 2.00 bits per heavy atom. The van der Waals surface area contributed by atoms with Crippen molar-refractivity contribution in [3.63, 3.8) is 0 Å². The van der Waals surface area contributed by atoms with Crippen LogP contribution in [0.4, 0.5) is 17.6 Å². The predicted molar refractivity (Wildman–Crippen MR) is 32.5 cm³/mol. The van der Waals surface area contributed by atoms with E-state index in [-0.39, 0.29) is 0 Å². The SMILES string of the molecule is FC1=CC=C[C@H](C(F)(F)F)C1. The van der Waals surface area contributed by atoms with Gasteiger partial charge in [0.1, 0.15) is 5.83 Å². The fraction of sp³-hybridized carbons (Fsp3) is 0.429. The maximum absolute atomic E-state index is 12.3. The summed E-state index contributed by atoms with van der Waals surface area (Å²) in [5.74, 6) is -2.36. The van der Waals surface area contributed by atoms with E-state index in [2.05, 4.69) is 0 Å². The summed E-state index contributed by atoms with van der Waals surface area (Å²) >= 11 is 0. The molecule has 0 bridgehead atoms. The van der Waals surface area contributed by atoms with Crippen molar-refractivity contribution in [2.45, 2.75) is 12.6 Å². The van der Waals surface area contributed by atoms with Crippen molar-refractivity contribution in [1.29, 1.82) is 0 Å². The van der Waals surface area contributed by atoms with Gasteiger partial charge in [0.2, 0.25) is 0 Å². The molecule has 0 saturated heterocycles. The second kappa shape index (κ2) is 2.68. The van der Waals surface area contributed by atoms with E-state index in [4.69, 9.17) is 0 Å². The molecule has 4 heteroatoms. The van der Waals surface area contributed by atoms with Crippen LogP contribution in [0.3, 0.4) is 0 Å². The van der Waals surface area contributed by atoms with Crippen molar-refractivity contribution in [3.8, 4) is 0 Å². The van der Waals surface area contributed by atoms with Crippen LogP contribution in [0.5, 0.6) is 0 Å². The zero-order valence-electron chi connectivity index (χ0n) is 5.53. The van der Waals surface area contributed by atoms with Crippen LogP contribution in [-0.4, -0.2) is 6.18 Å². The lowest BCUT2D eigenvalue weighted by Crippen LogP contribution is -2.21. The Hall–Kier alpha value is -0.800. The van der Waals surface area contributed by atoms with Crippen molar-refractivity contribution in [2.75, 3.05) is 0 Å². The molecule has 0 aromatic rings. The van der Waals surface area contributed by atoms with Gasteiger partial charge in [0.25, 0.3) is 0 Å². The highest BCUT2D eigenvalue weighted by Crippen LogP contribution is 2.34. The Bertz CT molecular complexity index is 199. The lowest BCUT2D eigenvalue weighted by Gasteiger charge is -2.17. The third kappa shape index (κ3) is 2.06. The smallest absolute Gasteiger partial charge is 0.212 e. The fourth-order valence-corrected chi connectivity index (χ4v) is 0.865. The van der Waals surface area contributed by atoms with Gasteiger partial charge >= 0.3 is 6.18 Å². The molecule has 0 N–H and O–H groups in total. The van der Waals surface area contributed by atoms with Gasteiger partial charge in [-0.2, -0.15) is 13.2 Å². The van der Waals surface area contributed by atoms with Crippen LogP contribution >= 0.6 is 0 Å². The van der Waals surface area contributed by atoms with Crippen molar-refractivity contribution >= 4 is 0 Å². The maximum atomic E-state index is 12.3. The second-order valence-corrected chi connectivity index (χ2v) is 2.35. The van der Waals surface area contributed by atoms with Crippen LogP contribution in [0.1, 0.15) is 6.42 Å². The van der Waals surface area contributed by atoms with E-state index in [0.29, 0.717) is 0 Å². The Labute approximate surface area is 61.2 Å². The zero-order chi connectivity index (χ0) is 8.48. The molecule has 1 aliphatic carbocycles. The first kappa shape index (κ1) is 8.30. The highest BCUT2D eigenvalue weighted by atomic mass is 19.4. The molecule has 0 radical (unpaired) electrons. The predicted octanol–water partition coefficient (Wildman–Crippen LogP) is 2.98. The minimum atomic E-state index is -4.32. The van der Waals surface area contributed by atoms with Gasteiger partial charge in [0.15, 0.2) is 0 Å². The first-order chi connectivity index (χ1) is 5.00. The van der Waals surface area contributed by atoms with Gasteiger partial charge in [-0.3, -0.25) is 0 Å². The molecule has 1 atom stereocenters. The number of hydrogen-bond donors (Lipinski definition) is 0. The lowest BCUT2D eigenvalue weighted by molar-refractivity contribution is -0.161. The molecular weight excluding hydrogens is 160 g/mol. The van der Waals surface area contributed by atoms with Crippen LogP contribution in [-0.2, 0) is 0 Å². The Morgan fingerprint density at radius 3 is 2.36 bits per heavy atom. The highest BCUT2D eigenvalue weighted by Gasteiger charge is 2.38. The molecule has 0 unspecified atom stereocenters. The Morgan fingerprint density at radius 1 is 1.36 bits per heavy atom. The molecular formula is C7H6F4. The first-order valence-electron chi connectivity index (χ1n) is 3.10. The molecule has 0 fully saturated rings. The van der Waals surface area contributed by atoms with E-state index in [9.17, 15) is 17.6 Å². The van der Waals surface area contributed by atoms with Crippen LogP contribution in [0.25, 0.3) is 0 Å². The molecule has 0 amide bonds. The molecule has 1 aliphatic rings. The summed E-state index contributed by atoms with van der Waals surface area (Å²) in [6.45, 7) is 0. The molecule has 1 rings (SSSR count). The number of hydrogen-bond acceptors (Lipinski definition) is 0. The van der Waals surface area contributed by atoms with Gasteiger partial charge in [0.05, 0.1) is 5.92 Å². The summed E-state index contributed by atoms with van der Waals surface area (Å²) in [5.41, 5.74) is 0. The molecule has 0 aromatic heterocycles. The van der Waals surface area contributed by atoms with Crippen LogP contribution in [0.15, 0.2) is 24.1 Å². The zero-order valence-corrected chi connectivity index (χ0v) is 5.53. The molecule has 0 heterocycles. The van der Waals surface area contributed by atoms with Gasteiger partial charge in [-0.05, 0) is 6.08 Å². The second-order valence-electron chi connectivity index (χ2n) is 2.35. The minimum absolute atomic E-state index is 0.556. The van der Waals surface area contributed by atoms with E-state index in [1.165, 1.54) is 0 Å². The van der Waals surface area contributed by atoms with Gasteiger partial charge in [-0.15, -0.1) is 0 Å². The van der Waals surface area contributed by atoms with E-state index < -0.39 is 24.3 Å². The summed E-state index contributed by atoms with van der Waals surface area (Å²) in [7, 11) is 0. The third-order valence-corrected chi connectivity index (χ3v) is 1.46.